The van der Waals surface area contributed by atoms with Gasteiger partial charge in [-0.2, -0.15) is 0 Å². The number of anilines is 2. The van der Waals surface area contributed by atoms with Gasteiger partial charge in [-0.15, -0.1) is 24.8 Å². The Kier molecular flexibility index (Phi) is 6.80. The minimum absolute atomic E-state index is 0. The van der Waals surface area contributed by atoms with Crippen molar-refractivity contribution in [3.8, 4) is 0 Å². The molecule has 0 atom stereocenters. The molecule has 0 unspecified atom stereocenters. The summed E-state index contributed by atoms with van der Waals surface area (Å²) in [6.07, 6.45) is 3.26. The number of aromatic nitrogens is 1. The number of carbonyl (C=O) groups excluding carboxylic acids is 1. The number of piperidine rings is 1. The molecule has 1 amide bonds. The van der Waals surface area contributed by atoms with E-state index >= 15 is 0 Å². The van der Waals surface area contributed by atoms with Crippen molar-refractivity contribution in [2.24, 2.45) is 11.7 Å². The second kappa shape index (κ2) is 7.28. The first-order valence-corrected chi connectivity index (χ1v) is 5.42. The molecule has 4 N–H and O–H groups in total. The molecule has 1 aliphatic rings. The molecular formula is C11H18Cl2N4O. The lowest BCUT2D eigenvalue weighted by molar-refractivity contribution is -0.122. The third-order valence-corrected chi connectivity index (χ3v) is 2.99. The zero-order valence-corrected chi connectivity index (χ0v) is 11.5. The van der Waals surface area contributed by atoms with Gasteiger partial charge in [0.05, 0.1) is 11.9 Å². The molecule has 0 aliphatic carbocycles. The van der Waals surface area contributed by atoms with Gasteiger partial charge in [-0.05, 0) is 25.0 Å². The maximum atomic E-state index is 11.0. The summed E-state index contributed by atoms with van der Waals surface area (Å²) < 4.78 is 0. The average Bonchev–Trinajstić information content (AvgIpc) is 2.30. The summed E-state index contributed by atoms with van der Waals surface area (Å²) >= 11 is 0. The van der Waals surface area contributed by atoms with Crippen molar-refractivity contribution in [3.63, 3.8) is 0 Å². The van der Waals surface area contributed by atoms with E-state index in [1.807, 2.05) is 12.1 Å². The van der Waals surface area contributed by atoms with Crippen LogP contribution in [0.1, 0.15) is 12.8 Å². The predicted octanol–water partition coefficient (Wildman–Crippen LogP) is 1.21. The molecule has 1 aromatic heterocycles. The molecule has 0 bridgehead atoms. The standard InChI is InChI=1S/C11H16N4O.2ClH/c12-9-1-2-10(14-7-9)15-5-3-8(4-6-15)11(13)16;;/h1-2,7-8H,3-6,12H2,(H2,13,16);2*1H. The Morgan fingerprint density at radius 3 is 2.33 bits per heavy atom. The van der Waals surface area contributed by atoms with E-state index in [0.717, 1.165) is 31.7 Å². The Morgan fingerprint density at radius 1 is 1.28 bits per heavy atom. The van der Waals surface area contributed by atoms with Crippen molar-refractivity contribution in [3.05, 3.63) is 18.3 Å². The molecule has 0 saturated carbocycles. The van der Waals surface area contributed by atoms with Gasteiger partial charge < -0.3 is 16.4 Å². The van der Waals surface area contributed by atoms with Gasteiger partial charge in [0.25, 0.3) is 0 Å². The summed E-state index contributed by atoms with van der Waals surface area (Å²) in [7, 11) is 0. The minimum atomic E-state index is -0.190. The van der Waals surface area contributed by atoms with Crippen molar-refractivity contribution in [1.82, 2.24) is 4.98 Å². The third-order valence-electron chi connectivity index (χ3n) is 2.99. The number of carbonyl (C=O) groups is 1. The summed E-state index contributed by atoms with van der Waals surface area (Å²) in [6.45, 7) is 1.65. The first-order chi connectivity index (χ1) is 7.66. The van der Waals surface area contributed by atoms with E-state index in [-0.39, 0.29) is 36.6 Å². The third kappa shape index (κ3) is 3.92. The molecule has 7 heteroatoms. The van der Waals surface area contributed by atoms with Crippen LogP contribution >= 0.6 is 24.8 Å². The highest BCUT2D eigenvalue weighted by Gasteiger charge is 2.23. The van der Waals surface area contributed by atoms with Crippen LogP contribution < -0.4 is 16.4 Å². The van der Waals surface area contributed by atoms with Crippen molar-refractivity contribution in [2.75, 3.05) is 23.7 Å². The van der Waals surface area contributed by atoms with E-state index in [1.165, 1.54) is 0 Å². The zero-order valence-electron chi connectivity index (χ0n) is 9.91. The van der Waals surface area contributed by atoms with Crippen LogP contribution in [0, 0.1) is 5.92 Å². The molecule has 2 rings (SSSR count). The Balaban J connectivity index is 0.00000144. The van der Waals surface area contributed by atoms with E-state index in [2.05, 4.69) is 9.88 Å². The Morgan fingerprint density at radius 2 is 1.89 bits per heavy atom. The molecule has 18 heavy (non-hydrogen) atoms. The minimum Gasteiger partial charge on any atom is -0.397 e. The topological polar surface area (TPSA) is 85.2 Å². The van der Waals surface area contributed by atoms with Crippen LogP contribution in [-0.2, 0) is 4.79 Å². The quantitative estimate of drug-likeness (QED) is 0.858. The van der Waals surface area contributed by atoms with Crippen molar-refractivity contribution in [2.45, 2.75) is 12.8 Å². The number of nitrogens with zero attached hydrogens (tertiary/aromatic N) is 2. The lowest BCUT2D eigenvalue weighted by Crippen LogP contribution is -2.38. The van der Waals surface area contributed by atoms with E-state index in [1.54, 1.807) is 6.20 Å². The monoisotopic (exact) mass is 292 g/mol. The van der Waals surface area contributed by atoms with Gasteiger partial charge >= 0.3 is 0 Å². The first kappa shape index (κ1) is 16.8. The van der Waals surface area contributed by atoms with E-state index in [4.69, 9.17) is 11.5 Å². The van der Waals surface area contributed by atoms with Crippen LogP contribution in [0.5, 0.6) is 0 Å². The summed E-state index contributed by atoms with van der Waals surface area (Å²) in [5, 5.41) is 0. The van der Waals surface area contributed by atoms with E-state index < -0.39 is 0 Å². The molecule has 5 nitrogen and oxygen atoms in total. The van der Waals surface area contributed by atoms with Gasteiger partial charge in [0.1, 0.15) is 5.82 Å². The number of primary amides is 1. The van der Waals surface area contributed by atoms with E-state index in [9.17, 15) is 4.79 Å². The Labute approximate surface area is 119 Å². The van der Waals surface area contributed by atoms with Gasteiger partial charge in [0.15, 0.2) is 0 Å². The molecule has 1 saturated heterocycles. The smallest absolute Gasteiger partial charge is 0.220 e. The Bertz CT molecular complexity index is 377. The highest BCUT2D eigenvalue weighted by Crippen LogP contribution is 2.21. The second-order valence-corrected chi connectivity index (χ2v) is 4.11. The molecule has 0 radical (unpaired) electrons. The van der Waals surface area contributed by atoms with Crippen LogP contribution in [0.25, 0.3) is 0 Å². The summed E-state index contributed by atoms with van der Waals surface area (Å²) in [5.74, 6) is 0.743. The maximum absolute atomic E-state index is 11.0. The number of amides is 1. The van der Waals surface area contributed by atoms with Gasteiger partial charge in [-0.25, -0.2) is 4.98 Å². The fourth-order valence-corrected chi connectivity index (χ4v) is 1.98. The Hall–Kier alpha value is -1.20. The number of pyridine rings is 1. The molecule has 0 spiro atoms. The average molecular weight is 293 g/mol. The molecule has 0 aromatic carbocycles. The normalized spacial score (nSPS) is 15.4. The summed E-state index contributed by atoms with van der Waals surface area (Å²) in [6, 6.07) is 3.74. The first-order valence-electron chi connectivity index (χ1n) is 5.42. The second-order valence-electron chi connectivity index (χ2n) is 4.11. The number of rotatable bonds is 2. The van der Waals surface area contributed by atoms with Gasteiger partial charge in [-0.3, -0.25) is 4.79 Å². The van der Waals surface area contributed by atoms with E-state index in [0.29, 0.717) is 5.69 Å². The summed E-state index contributed by atoms with van der Waals surface area (Å²) in [4.78, 5) is 17.4. The highest BCUT2D eigenvalue weighted by atomic mass is 35.5. The fraction of sp³-hybridized carbons (Fsp3) is 0.455. The van der Waals surface area contributed by atoms with Gasteiger partial charge in [-0.1, -0.05) is 0 Å². The molecule has 102 valence electrons. The van der Waals surface area contributed by atoms with Crippen molar-refractivity contribution >= 4 is 42.2 Å². The van der Waals surface area contributed by atoms with Gasteiger partial charge in [0, 0.05) is 19.0 Å². The molecule has 1 aromatic rings. The number of nitrogen functional groups attached to an aromatic ring is 1. The molecular weight excluding hydrogens is 275 g/mol. The number of hydrogen-bond donors (Lipinski definition) is 2. The van der Waals surface area contributed by atoms with Crippen molar-refractivity contribution in [1.29, 1.82) is 0 Å². The van der Waals surface area contributed by atoms with Crippen LogP contribution in [-0.4, -0.2) is 24.0 Å². The SMILES string of the molecule is Cl.Cl.NC(=O)C1CCN(c2ccc(N)cn2)CC1. The molecule has 1 aliphatic heterocycles. The zero-order chi connectivity index (χ0) is 11.5. The predicted molar refractivity (Wildman–Crippen MR) is 77.3 cm³/mol. The van der Waals surface area contributed by atoms with Crippen LogP contribution in [0.4, 0.5) is 11.5 Å². The lowest BCUT2D eigenvalue weighted by atomic mass is 9.96. The number of halogens is 2. The molecule has 2 heterocycles. The molecule has 1 fully saturated rings. The maximum Gasteiger partial charge on any atom is 0.220 e. The fourth-order valence-electron chi connectivity index (χ4n) is 1.98. The number of nitrogens with two attached hydrogens (primary N) is 2. The van der Waals surface area contributed by atoms with Crippen LogP contribution in [0.2, 0.25) is 0 Å². The summed E-state index contributed by atoms with van der Waals surface area (Å²) in [5.41, 5.74) is 11.5. The lowest BCUT2D eigenvalue weighted by Gasteiger charge is -2.31. The van der Waals surface area contributed by atoms with Gasteiger partial charge in [0.2, 0.25) is 5.91 Å². The van der Waals surface area contributed by atoms with Crippen LogP contribution in [0.3, 0.4) is 0 Å². The van der Waals surface area contributed by atoms with Crippen LogP contribution in [0.15, 0.2) is 18.3 Å². The van der Waals surface area contributed by atoms with Crippen molar-refractivity contribution < 1.29 is 4.79 Å². The highest BCUT2D eigenvalue weighted by molar-refractivity contribution is 5.85. The largest absolute Gasteiger partial charge is 0.397 e. The number of hydrogen-bond acceptors (Lipinski definition) is 4.